The molecule has 3 N–H and O–H groups in total. The van der Waals surface area contributed by atoms with Gasteiger partial charge in [-0.25, -0.2) is 0 Å². The number of halogens is 1. The molecule has 0 spiro atoms. The lowest BCUT2D eigenvalue weighted by Gasteiger charge is -2.23. The second-order valence-corrected chi connectivity index (χ2v) is 9.73. The average Bonchev–Trinajstić information content (AvgIpc) is 2.59. The minimum atomic E-state index is 0. The maximum absolute atomic E-state index is 2.30. The highest BCUT2D eigenvalue weighted by Crippen LogP contribution is 2.14. The number of rotatable bonds is 21. The zero-order chi connectivity index (χ0) is 19.3. The smallest absolute Gasteiger partial charge is 0.0780 e. The van der Waals surface area contributed by atoms with E-state index in [2.05, 4.69) is 28.1 Å². The van der Waals surface area contributed by atoms with Crippen molar-refractivity contribution in [1.29, 1.82) is 0 Å². The van der Waals surface area contributed by atoms with E-state index in [-0.39, 0.29) is 30.1 Å². The van der Waals surface area contributed by atoms with Crippen LogP contribution in [-0.2, 0) is 0 Å². The van der Waals surface area contributed by atoms with Crippen LogP contribution in [0.3, 0.4) is 0 Å². The number of hydrogen-bond acceptors (Lipinski definition) is 1. The lowest BCUT2D eigenvalue weighted by Crippen LogP contribution is -2.35. The minimum Gasteiger partial charge on any atom is -0.344 e. The maximum atomic E-state index is 2.30. The first-order chi connectivity index (χ1) is 12.6. The summed E-state index contributed by atoms with van der Waals surface area (Å²) in [5, 5.41) is 0. The number of nitrogens with zero attached hydrogens (tertiary/aromatic N) is 1. The van der Waals surface area contributed by atoms with Crippen LogP contribution >= 0.6 is 24.0 Å². The third-order valence-electron chi connectivity index (χ3n) is 5.68. The molecule has 0 unspecified atom stereocenters. The Bertz CT molecular complexity index is 264. The Kier molecular flexibility index (Phi) is 30.5. The van der Waals surface area contributed by atoms with Crippen LogP contribution in [-0.4, -0.2) is 32.2 Å². The molecule has 0 heterocycles. The molecule has 0 radical (unpaired) electrons. The molecule has 0 bridgehead atoms. The molecule has 0 aromatic carbocycles. The standard InChI is InChI=1S/C25H54N.HI.H3N/c1-5-6-7-8-9-10-11-12-13-14-15-16-17-18-19-20-21-22-23-24-25-26(2,3)4;;/h5-25H2,1-4H3;1H;1H3/q+1;;. The summed E-state index contributed by atoms with van der Waals surface area (Å²) in [4.78, 5) is 0. The van der Waals surface area contributed by atoms with Gasteiger partial charge in [0.2, 0.25) is 0 Å². The molecule has 0 aliphatic heterocycles. The summed E-state index contributed by atoms with van der Waals surface area (Å²) in [6.07, 6.45) is 29.3. The van der Waals surface area contributed by atoms with Crippen molar-refractivity contribution in [1.82, 2.24) is 6.15 Å². The Labute approximate surface area is 197 Å². The van der Waals surface area contributed by atoms with E-state index in [1.54, 1.807) is 0 Å². The number of quaternary nitrogens is 1. The second-order valence-electron chi connectivity index (χ2n) is 9.73. The van der Waals surface area contributed by atoms with Crippen LogP contribution in [0.1, 0.15) is 135 Å². The molecule has 0 fully saturated rings. The molecule has 0 aliphatic rings. The van der Waals surface area contributed by atoms with Crippen LogP contribution in [0.4, 0.5) is 0 Å². The SMILES string of the molecule is CCCCCCCCCCCCCCCCCCCCCC[N+](C)(C)C.I.N. The van der Waals surface area contributed by atoms with E-state index in [0.717, 1.165) is 4.48 Å². The van der Waals surface area contributed by atoms with Gasteiger partial charge in [0.25, 0.3) is 0 Å². The van der Waals surface area contributed by atoms with Crippen molar-refractivity contribution in [2.45, 2.75) is 135 Å². The molecule has 3 heteroatoms. The molecular weight excluding hydrogens is 455 g/mol. The van der Waals surface area contributed by atoms with Crippen molar-refractivity contribution in [3.63, 3.8) is 0 Å². The van der Waals surface area contributed by atoms with Gasteiger partial charge in [-0.1, -0.05) is 122 Å². The fourth-order valence-corrected chi connectivity index (χ4v) is 3.84. The number of unbranched alkanes of at least 4 members (excludes halogenated alkanes) is 19. The first-order valence-electron chi connectivity index (χ1n) is 12.4. The minimum absolute atomic E-state index is 0. The van der Waals surface area contributed by atoms with Crippen LogP contribution in [0.5, 0.6) is 0 Å². The molecule has 0 amide bonds. The van der Waals surface area contributed by atoms with Crippen LogP contribution in [0.25, 0.3) is 0 Å². The highest BCUT2D eigenvalue weighted by atomic mass is 127. The summed E-state index contributed by atoms with van der Waals surface area (Å²) in [5.74, 6) is 0. The zero-order valence-electron chi connectivity index (χ0n) is 20.4. The third-order valence-corrected chi connectivity index (χ3v) is 5.68. The first kappa shape index (κ1) is 33.3. The van der Waals surface area contributed by atoms with Crippen LogP contribution in [0.15, 0.2) is 0 Å². The fraction of sp³-hybridized carbons (Fsp3) is 1.00. The zero-order valence-corrected chi connectivity index (χ0v) is 22.7. The van der Waals surface area contributed by atoms with E-state index in [1.165, 1.54) is 135 Å². The monoisotopic (exact) mass is 513 g/mol. The van der Waals surface area contributed by atoms with Crippen molar-refractivity contribution >= 4 is 24.0 Å². The van der Waals surface area contributed by atoms with Crippen molar-refractivity contribution in [3.8, 4) is 0 Å². The van der Waals surface area contributed by atoms with Crippen LogP contribution in [0.2, 0.25) is 0 Å². The van der Waals surface area contributed by atoms with E-state index in [1.807, 2.05) is 0 Å². The van der Waals surface area contributed by atoms with Crippen molar-refractivity contribution in [2.75, 3.05) is 27.7 Å². The van der Waals surface area contributed by atoms with Crippen molar-refractivity contribution in [2.24, 2.45) is 0 Å². The molecule has 28 heavy (non-hydrogen) atoms. The Morgan fingerprint density at radius 2 is 0.607 bits per heavy atom. The first-order valence-corrected chi connectivity index (χ1v) is 12.4. The van der Waals surface area contributed by atoms with Gasteiger partial charge in [-0.15, -0.1) is 24.0 Å². The highest BCUT2D eigenvalue weighted by molar-refractivity contribution is 14.0. The lowest BCUT2D eigenvalue weighted by molar-refractivity contribution is -0.870. The Morgan fingerprint density at radius 1 is 0.393 bits per heavy atom. The largest absolute Gasteiger partial charge is 0.344 e. The van der Waals surface area contributed by atoms with Gasteiger partial charge < -0.3 is 10.6 Å². The number of hydrogen-bond donors (Lipinski definition) is 1. The summed E-state index contributed by atoms with van der Waals surface area (Å²) < 4.78 is 1.12. The molecule has 2 nitrogen and oxygen atoms in total. The van der Waals surface area contributed by atoms with Gasteiger partial charge in [0.1, 0.15) is 0 Å². The molecule has 0 saturated heterocycles. The Balaban J connectivity index is -0.00000312. The van der Waals surface area contributed by atoms with Crippen LogP contribution < -0.4 is 6.15 Å². The van der Waals surface area contributed by atoms with Gasteiger partial charge in [-0.05, 0) is 12.8 Å². The van der Waals surface area contributed by atoms with E-state index in [9.17, 15) is 0 Å². The van der Waals surface area contributed by atoms with Crippen molar-refractivity contribution < 1.29 is 4.48 Å². The topological polar surface area (TPSA) is 35.0 Å². The molecular formula is C25H58IN2+. The fourth-order valence-electron chi connectivity index (χ4n) is 3.84. The summed E-state index contributed by atoms with van der Waals surface area (Å²) >= 11 is 0. The summed E-state index contributed by atoms with van der Waals surface area (Å²) in [6, 6.07) is 0. The summed E-state index contributed by atoms with van der Waals surface area (Å²) in [6.45, 7) is 3.63. The third kappa shape index (κ3) is 31.3. The van der Waals surface area contributed by atoms with Crippen LogP contribution in [0, 0.1) is 0 Å². The van der Waals surface area contributed by atoms with E-state index < -0.39 is 0 Å². The molecule has 174 valence electrons. The molecule has 0 saturated carbocycles. The van der Waals surface area contributed by atoms with Gasteiger partial charge in [0.15, 0.2) is 0 Å². The van der Waals surface area contributed by atoms with E-state index in [0.29, 0.717) is 0 Å². The quantitative estimate of drug-likeness (QED) is 0.0926. The van der Waals surface area contributed by atoms with Gasteiger partial charge in [-0.2, -0.15) is 0 Å². The lowest BCUT2D eigenvalue weighted by atomic mass is 10.0. The van der Waals surface area contributed by atoms with Gasteiger partial charge in [-0.3, -0.25) is 0 Å². The normalized spacial score (nSPS) is 11.1. The highest BCUT2D eigenvalue weighted by Gasteiger charge is 2.04. The molecule has 0 aromatic heterocycles. The van der Waals surface area contributed by atoms with Gasteiger partial charge in [0.05, 0.1) is 27.7 Å². The molecule has 0 aromatic rings. The Morgan fingerprint density at radius 3 is 0.821 bits per heavy atom. The van der Waals surface area contributed by atoms with Crippen molar-refractivity contribution in [3.05, 3.63) is 0 Å². The predicted octanol–water partition coefficient (Wildman–Crippen LogP) is 9.29. The van der Waals surface area contributed by atoms with Gasteiger partial charge in [0, 0.05) is 0 Å². The maximum Gasteiger partial charge on any atom is 0.0780 e. The molecule has 0 rings (SSSR count). The average molecular weight is 514 g/mol. The summed E-state index contributed by atoms with van der Waals surface area (Å²) in [7, 11) is 6.90. The van der Waals surface area contributed by atoms with E-state index in [4.69, 9.17) is 0 Å². The summed E-state index contributed by atoms with van der Waals surface area (Å²) in [5.41, 5.74) is 0. The van der Waals surface area contributed by atoms with E-state index >= 15 is 0 Å². The Hall–Kier alpha value is 0.650. The molecule has 0 aliphatic carbocycles. The van der Waals surface area contributed by atoms with Gasteiger partial charge >= 0.3 is 0 Å². The predicted molar refractivity (Wildman–Crippen MR) is 141 cm³/mol. The second kappa shape index (κ2) is 25.7. The molecule has 0 atom stereocenters.